The third kappa shape index (κ3) is 4.32. The molecule has 19 heavy (non-hydrogen) atoms. The van der Waals surface area contributed by atoms with Gasteiger partial charge in [0.1, 0.15) is 0 Å². The Hall–Kier alpha value is -0.860. The molecule has 1 saturated heterocycles. The van der Waals surface area contributed by atoms with Crippen molar-refractivity contribution >= 4 is 0 Å². The average molecular weight is 260 g/mol. The van der Waals surface area contributed by atoms with E-state index in [2.05, 4.69) is 56.1 Å². The number of nitrogens with one attached hydrogen (secondary N) is 1. The van der Waals surface area contributed by atoms with Gasteiger partial charge in [-0.1, -0.05) is 37.6 Å². The molecular weight excluding hydrogens is 232 g/mol. The molecule has 2 nitrogen and oxygen atoms in total. The number of rotatable bonds is 4. The highest BCUT2D eigenvalue weighted by molar-refractivity contribution is 5.30. The van der Waals surface area contributed by atoms with E-state index >= 15 is 0 Å². The van der Waals surface area contributed by atoms with E-state index < -0.39 is 0 Å². The number of piperazine rings is 1. The van der Waals surface area contributed by atoms with Crippen molar-refractivity contribution in [2.24, 2.45) is 5.92 Å². The Labute approximate surface area is 118 Å². The lowest BCUT2D eigenvalue weighted by Gasteiger charge is -2.34. The molecule has 2 rings (SSSR count). The van der Waals surface area contributed by atoms with Crippen molar-refractivity contribution in [2.75, 3.05) is 19.6 Å². The van der Waals surface area contributed by atoms with Gasteiger partial charge in [0.2, 0.25) is 0 Å². The van der Waals surface area contributed by atoms with E-state index in [0.29, 0.717) is 6.04 Å². The number of hydrogen-bond acceptors (Lipinski definition) is 2. The number of aryl methyl sites for hydroxylation is 2. The Balaban J connectivity index is 1.96. The molecule has 1 aromatic carbocycles. The molecule has 0 saturated carbocycles. The molecule has 1 aliphatic heterocycles. The first kappa shape index (κ1) is 14.5. The zero-order valence-corrected chi connectivity index (χ0v) is 12.9. The van der Waals surface area contributed by atoms with Gasteiger partial charge in [0, 0.05) is 32.2 Å². The molecule has 1 N–H and O–H groups in total. The number of nitrogens with zero attached hydrogens (tertiary/aromatic N) is 1. The molecule has 1 aliphatic rings. The summed E-state index contributed by atoms with van der Waals surface area (Å²) < 4.78 is 0. The Morgan fingerprint density at radius 3 is 2.84 bits per heavy atom. The quantitative estimate of drug-likeness (QED) is 0.895. The predicted octanol–water partition coefficient (Wildman–Crippen LogP) is 3.12. The second kappa shape index (κ2) is 6.53. The van der Waals surface area contributed by atoms with Gasteiger partial charge in [0.25, 0.3) is 0 Å². The Morgan fingerprint density at radius 1 is 1.32 bits per heavy atom. The highest BCUT2D eigenvalue weighted by Crippen LogP contribution is 2.16. The minimum atomic E-state index is 0.666. The van der Waals surface area contributed by atoms with Crippen LogP contribution in [-0.2, 0) is 6.54 Å². The first-order valence-electron chi connectivity index (χ1n) is 7.56. The predicted molar refractivity (Wildman–Crippen MR) is 82.4 cm³/mol. The SMILES string of the molecule is Cc1ccc(C)c(CN2CCNC(CC(C)C)C2)c1. The van der Waals surface area contributed by atoms with Gasteiger partial charge < -0.3 is 5.32 Å². The maximum Gasteiger partial charge on any atom is 0.0237 e. The lowest BCUT2D eigenvalue weighted by atomic mass is 10.0. The lowest BCUT2D eigenvalue weighted by Crippen LogP contribution is -2.50. The minimum absolute atomic E-state index is 0.666. The van der Waals surface area contributed by atoms with E-state index in [9.17, 15) is 0 Å². The molecule has 0 spiro atoms. The van der Waals surface area contributed by atoms with Crippen LogP contribution in [0.3, 0.4) is 0 Å². The Bertz CT molecular complexity index is 412. The average Bonchev–Trinajstić information content (AvgIpc) is 2.33. The second-order valence-corrected chi connectivity index (χ2v) is 6.45. The summed E-state index contributed by atoms with van der Waals surface area (Å²) in [7, 11) is 0. The highest BCUT2D eigenvalue weighted by atomic mass is 15.2. The molecule has 1 atom stereocenters. The van der Waals surface area contributed by atoms with Crippen molar-refractivity contribution in [3.05, 3.63) is 34.9 Å². The second-order valence-electron chi connectivity index (χ2n) is 6.45. The number of hydrogen-bond donors (Lipinski definition) is 1. The monoisotopic (exact) mass is 260 g/mol. The summed E-state index contributed by atoms with van der Waals surface area (Å²) in [4.78, 5) is 2.60. The van der Waals surface area contributed by atoms with E-state index in [0.717, 1.165) is 19.0 Å². The summed E-state index contributed by atoms with van der Waals surface area (Å²) in [5.74, 6) is 0.776. The van der Waals surface area contributed by atoms with Gasteiger partial charge in [-0.05, 0) is 37.3 Å². The molecule has 106 valence electrons. The Morgan fingerprint density at radius 2 is 2.11 bits per heavy atom. The van der Waals surface area contributed by atoms with Crippen LogP contribution in [0.25, 0.3) is 0 Å². The van der Waals surface area contributed by atoms with E-state index in [1.54, 1.807) is 0 Å². The Kier molecular flexibility index (Phi) is 5.00. The van der Waals surface area contributed by atoms with E-state index in [1.807, 2.05) is 0 Å². The van der Waals surface area contributed by atoms with E-state index in [1.165, 1.54) is 36.2 Å². The standard InChI is InChI=1S/C17H28N2/c1-13(2)9-17-12-19(8-7-18-17)11-16-10-14(3)5-6-15(16)4/h5-6,10,13,17-18H,7-9,11-12H2,1-4H3. The highest BCUT2D eigenvalue weighted by Gasteiger charge is 2.20. The fourth-order valence-corrected chi connectivity index (χ4v) is 2.98. The molecule has 1 fully saturated rings. The summed E-state index contributed by atoms with van der Waals surface area (Å²) >= 11 is 0. The van der Waals surface area contributed by atoms with Crippen LogP contribution in [0.5, 0.6) is 0 Å². The van der Waals surface area contributed by atoms with Gasteiger partial charge >= 0.3 is 0 Å². The van der Waals surface area contributed by atoms with Crippen molar-refractivity contribution in [3.8, 4) is 0 Å². The molecule has 0 radical (unpaired) electrons. The molecule has 0 bridgehead atoms. The van der Waals surface area contributed by atoms with Crippen molar-refractivity contribution in [1.82, 2.24) is 10.2 Å². The first-order valence-corrected chi connectivity index (χ1v) is 7.56. The zero-order chi connectivity index (χ0) is 13.8. The molecule has 1 unspecified atom stereocenters. The summed E-state index contributed by atoms with van der Waals surface area (Å²) in [6.45, 7) is 13.6. The summed E-state index contributed by atoms with van der Waals surface area (Å²) in [5.41, 5.74) is 4.28. The smallest absolute Gasteiger partial charge is 0.0237 e. The van der Waals surface area contributed by atoms with Crippen molar-refractivity contribution in [1.29, 1.82) is 0 Å². The fraction of sp³-hybridized carbons (Fsp3) is 0.647. The van der Waals surface area contributed by atoms with Crippen LogP contribution >= 0.6 is 0 Å². The molecule has 1 heterocycles. The van der Waals surface area contributed by atoms with Crippen molar-refractivity contribution in [3.63, 3.8) is 0 Å². The number of benzene rings is 1. The fourth-order valence-electron chi connectivity index (χ4n) is 2.98. The maximum atomic E-state index is 3.65. The topological polar surface area (TPSA) is 15.3 Å². The lowest BCUT2D eigenvalue weighted by molar-refractivity contribution is 0.179. The molecule has 0 amide bonds. The zero-order valence-electron chi connectivity index (χ0n) is 12.9. The van der Waals surface area contributed by atoms with Crippen LogP contribution in [-0.4, -0.2) is 30.6 Å². The first-order chi connectivity index (χ1) is 9.04. The third-order valence-electron chi connectivity index (χ3n) is 3.99. The molecule has 0 aromatic heterocycles. The summed E-state index contributed by atoms with van der Waals surface area (Å²) in [6.07, 6.45) is 1.28. The maximum absolute atomic E-state index is 3.65. The van der Waals surface area contributed by atoms with Gasteiger partial charge in [-0.15, -0.1) is 0 Å². The molecule has 2 heteroatoms. The summed E-state index contributed by atoms with van der Waals surface area (Å²) in [6, 6.07) is 7.46. The molecule has 1 aromatic rings. The van der Waals surface area contributed by atoms with Crippen molar-refractivity contribution < 1.29 is 0 Å². The van der Waals surface area contributed by atoms with Gasteiger partial charge in [-0.25, -0.2) is 0 Å². The van der Waals surface area contributed by atoms with Crippen LogP contribution in [0.15, 0.2) is 18.2 Å². The molecular formula is C17H28N2. The van der Waals surface area contributed by atoms with Crippen LogP contribution in [0.2, 0.25) is 0 Å². The normalized spacial score (nSPS) is 21.0. The van der Waals surface area contributed by atoms with E-state index in [4.69, 9.17) is 0 Å². The van der Waals surface area contributed by atoms with Gasteiger partial charge in [-0.3, -0.25) is 4.90 Å². The van der Waals surface area contributed by atoms with Gasteiger partial charge in [0.05, 0.1) is 0 Å². The summed E-state index contributed by atoms with van der Waals surface area (Å²) in [5, 5.41) is 3.65. The molecule has 0 aliphatic carbocycles. The van der Waals surface area contributed by atoms with Crippen LogP contribution in [0, 0.1) is 19.8 Å². The van der Waals surface area contributed by atoms with Crippen LogP contribution < -0.4 is 5.32 Å². The van der Waals surface area contributed by atoms with Gasteiger partial charge in [-0.2, -0.15) is 0 Å². The third-order valence-corrected chi connectivity index (χ3v) is 3.99. The van der Waals surface area contributed by atoms with Crippen LogP contribution in [0.4, 0.5) is 0 Å². The van der Waals surface area contributed by atoms with E-state index in [-0.39, 0.29) is 0 Å². The largest absolute Gasteiger partial charge is 0.311 e. The van der Waals surface area contributed by atoms with Crippen molar-refractivity contribution in [2.45, 2.75) is 46.7 Å². The van der Waals surface area contributed by atoms with Crippen LogP contribution in [0.1, 0.15) is 37.0 Å². The van der Waals surface area contributed by atoms with Gasteiger partial charge in [0.15, 0.2) is 0 Å². The minimum Gasteiger partial charge on any atom is -0.311 e.